The molecule has 34 heavy (non-hydrogen) atoms. The third kappa shape index (κ3) is 4.59. The smallest absolute Gasteiger partial charge is 0.282 e. The Balaban J connectivity index is 1.73. The van der Waals surface area contributed by atoms with Gasteiger partial charge >= 0.3 is 0 Å². The number of amides is 2. The van der Waals surface area contributed by atoms with Gasteiger partial charge in [0.25, 0.3) is 11.8 Å². The zero-order valence-electron chi connectivity index (χ0n) is 19.3. The minimum atomic E-state index is -0.437. The average Bonchev–Trinajstić information content (AvgIpc) is 3.10. The van der Waals surface area contributed by atoms with Crippen LogP contribution in [0.15, 0.2) is 78.5 Å². The van der Waals surface area contributed by atoms with Crippen molar-refractivity contribution in [1.29, 1.82) is 0 Å². The van der Waals surface area contributed by atoms with Crippen LogP contribution < -0.4 is 24.4 Å². The summed E-state index contributed by atoms with van der Waals surface area (Å²) in [5.41, 5.74) is 2.24. The third-order valence-corrected chi connectivity index (χ3v) is 5.30. The number of methoxy groups -OCH3 is 1. The Kier molecular flexibility index (Phi) is 6.82. The molecule has 1 heterocycles. The molecule has 0 saturated heterocycles. The Morgan fingerprint density at radius 2 is 1.24 bits per heavy atom. The largest absolute Gasteiger partial charge is 0.497 e. The zero-order chi connectivity index (χ0) is 24.1. The molecular formula is C27H26N2O5. The normalized spacial score (nSPS) is 13.3. The number of nitrogens with one attached hydrogen (secondary N) is 1. The van der Waals surface area contributed by atoms with Crippen molar-refractivity contribution in [2.45, 2.75) is 13.8 Å². The summed E-state index contributed by atoms with van der Waals surface area (Å²) in [4.78, 5) is 28.2. The van der Waals surface area contributed by atoms with Gasteiger partial charge in [-0.3, -0.25) is 9.59 Å². The minimum absolute atomic E-state index is 0.203. The fourth-order valence-corrected chi connectivity index (χ4v) is 3.71. The van der Waals surface area contributed by atoms with E-state index in [0.717, 1.165) is 5.75 Å². The van der Waals surface area contributed by atoms with Crippen LogP contribution in [0.2, 0.25) is 0 Å². The molecule has 0 unspecified atom stereocenters. The highest BCUT2D eigenvalue weighted by Gasteiger charge is 2.40. The van der Waals surface area contributed by atoms with E-state index in [0.29, 0.717) is 41.7 Å². The first-order valence-corrected chi connectivity index (χ1v) is 11.1. The molecule has 7 heteroatoms. The number of ether oxygens (including phenoxy) is 3. The summed E-state index contributed by atoms with van der Waals surface area (Å²) in [6.45, 7) is 4.91. The van der Waals surface area contributed by atoms with Crippen molar-refractivity contribution in [2.75, 3.05) is 30.5 Å². The van der Waals surface area contributed by atoms with Gasteiger partial charge in [-0.05, 0) is 80.1 Å². The van der Waals surface area contributed by atoms with Crippen LogP contribution in [0.4, 0.5) is 11.4 Å². The predicted octanol–water partition coefficient (Wildman–Crippen LogP) is 4.89. The van der Waals surface area contributed by atoms with Crippen molar-refractivity contribution < 1.29 is 23.8 Å². The van der Waals surface area contributed by atoms with E-state index >= 15 is 0 Å². The number of carbonyl (C=O) groups is 2. The second kappa shape index (κ2) is 10.1. The molecule has 0 aromatic heterocycles. The molecule has 0 fully saturated rings. The van der Waals surface area contributed by atoms with Crippen LogP contribution in [-0.2, 0) is 9.59 Å². The molecule has 4 rings (SSSR count). The van der Waals surface area contributed by atoms with Crippen LogP contribution in [-0.4, -0.2) is 32.1 Å². The van der Waals surface area contributed by atoms with Gasteiger partial charge in [-0.25, -0.2) is 4.90 Å². The molecule has 0 radical (unpaired) electrons. The minimum Gasteiger partial charge on any atom is -0.497 e. The van der Waals surface area contributed by atoms with Gasteiger partial charge in [0.15, 0.2) is 0 Å². The Morgan fingerprint density at radius 1 is 0.706 bits per heavy atom. The lowest BCUT2D eigenvalue weighted by Gasteiger charge is -2.16. The summed E-state index contributed by atoms with van der Waals surface area (Å²) >= 11 is 0. The van der Waals surface area contributed by atoms with Gasteiger partial charge in [0, 0.05) is 5.69 Å². The molecule has 0 aliphatic carbocycles. The number of imide groups is 1. The number of carbonyl (C=O) groups excluding carboxylic acids is 2. The number of benzene rings is 3. The molecule has 1 aliphatic heterocycles. The summed E-state index contributed by atoms with van der Waals surface area (Å²) in [6, 6.07) is 21.2. The number of anilines is 2. The van der Waals surface area contributed by atoms with Gasteiger partial charge in [-0.2, -0.15) is 0 Å². The molecule has 174 valence electrons. The van der Waals surface area contributed by atoms with Crippen molar-refractivity contribution in [3.63, 3.8) is 0 Å². The van der Waals surface area contributed by atoms with Gasteiger partial charge in [-0.1, -0.05) is 12.1 Å². The van der Waals surface area contributed by atoms with Gasteiger partial charge in [0.05, 0.1) is 31.6 Å². The van der Waals surface area contributed by atoms with Crippen molar-refractivity contribution >= 4 is 28.8 Å². The van der Waals surface area contributed by atoms with Crippen molar-refractivity contribution in [3.05, 3.63) is 84.1 Å². The van der Waals surface area contributed by atoms with Gasteiger partial charge in [-0.15, -0.1) is 0 Å². The first-order chi connectivity index (χ1) is 16.5. The number of nitrogens with zero attached hydrogens (tertiary/aromatic N) is 1. The average molecular weight is 459 g/mol. The summed E-state index contributed by atoms with van der Waals surface area (Å²) in [6.07, 6.45) is 0. The molecule has 0 saturated carbocycles. The van der Waals surface area contributed by atoms with E-state index in [2.05, 4.69) is 5.32 Å². The van der Waals surface area contributed by atoms with E-state index in [-0.39, 0.29) is 11.3 Å². The van der Waals surface area contributed by atoms with Crippen molar-refractivity contribution in [2.24, 2.45) is 0 Å². The Hall–Kier alpha value is -4.26. The maximum absolute atomic E-state index is 13.5. The first-order valence-electron chi connectivity index (χ1n) is 11.1. The number of rotatable bonds is 9. The lowest BCUT2D eigenvalue weighted by Crippen LogP contribution is -2.32. The van der Waals surface area contributed by atoms with E-state index in [1.807, 2.05) is 38.1 Å². The second-order valence-electron chi connectivity index (χ2n) is 7.43. The van der Waals surface area contributed by atoms with E-state index in [1.54, 1.807) is 55.6 Å². The van der Waals surface area contributed by atoms with Crippen molar-refractivity contribution in [1.82, 2.24) is 0 Å². The fourth-order valence-electron chi connectivity index (χ4n) is 3.71. The summed E-state index contributed by atoms with van der Waals surface area (Å²) in [5.74, 6) is 1.20. The molecule has 3 aromatic rings. The molecule has 2 amide bonds. The van der Waals surface area contributed by atoms with E-state index in [4.69, 9.17) is 14.2 Å². The molecular weight excluding hydrogens is 432 g/mol. The topological polar surface area (TPSA) is 77.1 Å². The van der Waals surface area contributed by atoms with Crippen LogP contribution in [0.1, 0.15) is 19.4 Å². The maximum Gasteiger partial charge on any atom is 0.282 e. The highest BCUT2D eigenvalue weighted by molar-refractivity contribution is 6.46. The molecule has 1 aliphatic rings. The van der Waals surface area contributed by atoms with Crippen LogP contribution in [0.25, 0.3) is 5.57 Å². The van der Waals surface area contributed by atoms with Crippen LogP contribution in [0.3, 0.4) is 0 Å². The lowest BCUT2D eigenvalue weighted by molar-refractivity contribution is -0.120. The monoisotopic (exact) mass is 458 g/mol. The summed E-state index contributed by atoms with van der Waals surface area (Å²) < 4.78 is 16.2. The van der Waals surface area contributed by atoms with E-state index < -0.39 is 11.8 Å². The quantitative estimate of drug-likeness (QED) is 0.460. The predicted molar refractivity (Wildman–Crippen MR) is 131 cm³/mol. The fraction of sp³-hybridized carbons (Fsp3) is 0.185. The van der Waals surface area contributed by atoms with E-state index in [1.165, 1.54) is 4.90 Å². The Morgan fingerprint density at radius 3 is 1.76 bits per heavy atom. The van der Waals surface area contributed by atoms with Crippen LogP contribution >= 0.6 is 0 Å². The first kappa shape index (κ1) is 22.9. The second-order valence-corrected chi connectivity index (χ2v) is 7.43. The van der Waals surface area contributed by atoms with Gasteiger partial charge in [0.2, 0.25) is 0 Å². The Bertz CT molecular complexity index is 1200. The molecule has 7 nitrogen and oxygen atoms in total. The van der Waals surface area contributed by atoms with Crippen LogP contribution in [0, 0.1) is 0 Å². The highest BCUT2D eigenvalue weighted by atomic mass is 16.5. The van der Waals surface area contributed by atoms with Gasteiger partial charge < -0.3 is 19.5 Å². The van der Waals surface area contributed by atoms with Crippen molar-refractivity contribution in [3.8, 4) is 17.2 Å². The molecule has 0 atom stereocenters. The number of hydrogen-bond acceptors (Lipinski definition) is 6. The standard InChI is InChI=1S/C27H26N2O5/c1-4-33-22-12-6-18(7-13-22)24-25(28-19-8-14-23(15-9-19)34-5-2)27(31)29(26(24)30)20-10-16-21(32-3)17-11-20/h6-17,28H,4-5H2,1-3H3. The van der Waals surface area contributed by atoms with E-state index in [9.17, 15) is 9.59 Å². The Labute approximate surface area is 198 Å². The zero-order valence-corrected chi connectivity index (χ0v) is 19.3. The molecule has 0 bridgehead atoms. The van der Waals surface area contributed by atoms with Crippen LogP contribution in [0.5, 0.6) is 17.2 Å². The summed E-state index contributed by atoms with van der Waals surface area (Å²) in [5, 5.41) is 3.16. The molecule has 0 spiro atoms. The van der Waals surface area contributed by atoms with Gasteiger partial charge in [0.1, 0.15) is 22.9 Å². The maximum atomic E-state index is 13.5. The summed E-state index contributed by atoms with van der Waals surface area (Å²) in [7, 11) is 1.56. The molecule has 1 N–H and O–H groups in total. The SMILES string of the molecule is CCOc1ccc(NC2=C(c3ccc(OCC)cc3)C(=O)N(c3ccc(OC)cc3)C2=O)cc1. The lowest BCUT2D eigenvalue weighted by atomic mass is 10.0. The third-order valence-electron chi connectivity index (χ3n) is 5.30. The highest BCUT2D eigenvalue weighted by Crippen LogP contribution is 2.35. The number of hydrogen-bond donors (Lipinski definition) is 1. The molecule has 3 aromatic carbocycles.